The van der Waals surface area contributed by atoms with Crippen molar-refractivity contribution in [3.8, 4) is 0 Å². The van der Waals surface area contributed by atoms with Crippen LogP contribution in [0.25, 0.3) is 0 Å². The monoisotopic (exact) mass is 704 g/mol. The second-order valence-electron chi connectivity index (χ2n) is 5.67. The van der Waals surface area contributed by atoms with Gasteiger partial charge in [-0.3, -0.25) is 0 Å². The van der Waals surface area contributed by atoms with E-state index in [-0.39, 0.29) is 0 Å². The molecule has 0 aliphatic heterocycles. The van der Waals surface area contributed by atoms with E-state index in [9.17, 15) is 0 Å². The molecule has 0 bridgehead atoms. The van der Waals surface area contributed by atoms with Crippen molar-refractivity contribution in [3.63, 3.8) is 0 Å². The zero-order chi connectivity index (χ0) is 16.3. The minimum absolute atomic E-state index is 0.814. The average Bonchev–Trinajstić information content (AvgIpc) is 3.23. The fraction of sp³-hybridized carbons (Fsp3) is 0.438. The third kappa shape index (κ3) is 5.56. The van der Waals surface area contributed by atoms with Gasteiger partial charge < -0.3 is 0 Å². The summed E-state index contributed by atoms with van der Waals surface area (Å²) in [7, 11) is 2.08. The van der Waals surface area contributed by atoms with Gasteiger partial charge in [-0.2, -0.15) is 1.33 Å². The minimum atomic E-state index is 0.814. The summed E-state index contributed by atoms with van der Waals surface area (Å²) in [5.41, 5.74) is 4.12. The van der Waals surface area contributed by atoms with Crippen LogP contribution in [0.5, 0.6) is 0 Å². The molecule has 0 radical (unpaired) electrons. The molecule has 1 aromatic carbocycles. The number of hydrogen-bond donors (Lipinski definition) is 0. The molecule has 1 fully saturated rings. The van der Waals surface area contributed by atoms with Gasteiger partial charge in [0.25, 0.3) is 0 Å². The van der Waals surface area contributed by atoms with Crippen molar-refractivity contribution in [1.29, 1.82) is 0 Å². The van der Waals surface area contributed by atoms with E-state index < -0.39 is 0 Å². The number of rotatable bonds is 3. The Hall–Kier alpha value is 0.538. The second kappa shape index (κ2) is 8.58. The van der Waals surface area contributed by atoms with Crippen molar-refractivity contribution in [1.82, 2.24) is 10.5 Å². The first kappa shape index (κ1) is 18.9. The Morgan fingerprint density at radius 3 is 2.32 bits per heavy atom. The quantitative estimate of drug-likeness (QED) is 0.323. The number of hydrogen-bond acceptors (Lipinski definition) is 1. The van der Waals surface area contributed by atoms with Gasteiger partial charge in [-0.15, -0.1) is 0 Å². The van der Waals surface area contributed by atoms with Crippen molar-refractivity contribution in [2.45, 2.75) is 39.3 Å². The van der Waals surface area contributed by atoms with Gasteiger partial charge in [0.2, 0.25) is 0 Å². The first-order chi connectivity index (χ1) is 10.4. The zero-order valence-corrected chi connectivity index (χ0v) is 19.6. The summed E-state index contributed by atoms with van der Waals surface area (Å²) in [5.74, 6) is 0. The summed E-state index contributed by atoms with van der Waals surface area (Å²) >= 11 is 6.94. The molecule has 2 aromatic rings. The van der Waals surface area contributed by atoms with Gasteiger partial charge in [-0.25, -0.2) is 0 Å². The number of imidazole rings is 1. The van der Waals surface area contributed by atoms with Crippen LogP contribution in [-0.4, -0.2) is 10.5 Å². The van der Waals surface area contributed by atoms with E-state index in [0.717, 1.165) is 12.6 Å². The van der Waals surface area contributed by atoms with Gasteiger partial charge in [0.15, 0.2) is 0 Å². The summed E-state index contributed by atoms with van der Waals surface area (Å²) in [6.45, 7) is 5.30. The summed E-state index contributed by atoms with van der Waals surface area (Å²) in [6, 6.07) is 7.43. The first-order valence-corrected chi connectivity index (χ1v) is 10.3. The molecular formula is C16H21I2N3Pt. The molecule has 1 saturated carbocycles. The van der Waals surface area contributed by atoms with Crippen LogP contribution in [0.2, 0.25) is 0 Å². The van der Waals surface area contributed by atoms with Crippen LogP contribution in [0, 0.1) is 17.7 Å². The van der Waals surface area contributed by atoms with Crippen LogP contribution in [0.15, 0.2) is 30.6 Å². The summed E-state index contributed by atoms with van der Waals surface area (Å²) in [6.07, 6.45) is 7.01. The molecule has 0 saturated heterocycles. The van der Waals surface area contributed by atoms with E-state index in [1.54, 1.807) is 0 Å². The predicted octanol–water partition coefficient (Wildman–Crippen LogP) is 5.05. The van der Waals surface area contributed by atoms with E-state index in [1.807, 2.05) is 0 Å². The van der Waals surface area contributed by atoms with Crippen LogP contribution < -0.4 is 0 Å². The Morgan fingerprint density at radius 1 is 1.18 bits per heavy atom. The third-order valence-corrected chi connectivity index (χ3v) is 5.80. The molecule has 0 spiro atoms. The third-order valence-electron chi connectivity index (χ3n) is 3.73. The molecule has 1 aliphatic rings. The van der Waals surface area contributed by atoms with Crippen molar-refractivity contribution in [2.24, 2.45) is 7.05 Å². The molecule has 0 unspecified atom stereocenters. The van der Waals surface area contributed by atoms with Gasteiger partial charge in [-0.1, -0.05) is 18.2 Å². The molecule has 3 rings (SSSR count). The predicted molar refractivity (Wildman–Crippen MR) is 104 cm³/mol. The van der Waals surface area contributed by atoms with Gasteiger partial charge in [-0.05, 0) is 30.5 Å². The number of benzene rings is 1. The van der Waals surface area contributed by atoms with Crippen molar-refractivity contribution >= 4 is 45.7 Å². The number of aryl methyl sites for hydroxylation is 3. The molecule has 1 aliphatic carbocycles. The molecule has 0 N–H and O–H groups in total. The van der Waals surface area contributed by atoms with E-state index in [0.29, 0.717) is 0 Å². The van der Waals surface area contributed by atoms with Gasteiger partial charge in [0.1, 0.15) is 0 Å². The molecule has 1 heterocycles. The van der Waals surface area contributed by atoms with E-state index in [2.05, 4.69) is 127 Å². The molecule has 0 atom stereocenters. The second-order valence-corrected chi connectivity index (χ2v) is 10.9. The Bertz CT molecular complexity index is 687. The molecule has 124 valence electrons. The SMILES string of the molecule is Cc1ccc(CN(I)I)cc1C.Cn1ccn(C2CC2)[c]1=[Pt]. The summed E-state index contributed by atoms with van der Waals surface area (Å²) in [5, 5.41) is 0. The van der Waals surface area contributed by atoms with Gasteiger partial charge in [0.05, 0.1) is 0 Å². The molecule has 0 amide bonds. The standard InChI is InChI=1S/C9H11I2N.C7H10N2.Pt/c1-7-3-4-9(5-8(7)2)6-12(10)11;1-8-4-5-9(6-8)7-2-3-7;/h3-5H,6H2,1-2H3;4-5,7H,2-3H2,1H3;. The zero-order valence-electron chi connectivity index (χ0n) is 13.0. The van der Waals surface area contributed by atoms with Gasteiger partial charge >= 0.3 is 70.6 Å². The van der Waals surface area contributed by atoms with Crippen molar-refractivity contribution in [2.75, 3.05) is 0 Å². The van der Waals surface area contributed by atoms with Crippen molar-refractivity contribution < 1.29 is 19.4 Å². The molecule has 3 nitrogen and oxygen atoms in total. The Kier molecular flexibility index (Phi) is 7.36. The Labute approximate surface area is 171 Å². The van der Waals surface area contributed by atoms with E-state index in [4.69, 9.17) is 0 Å². The maximum absolute atomic E-state index is 2.37. The maximum atomic E-state index is 2.37. The van der Waals surface area contributed by atoms with Crippen LogP contribution in [0.4, 0.5) is 0 Å². The first-order valence-electron chi connectivity index (χ1n) is 7.22. The number of nitrogens with zero attached hydrogens (tertiary/aromatic N) is 3. The van der Waals surface area contributed by atoms with Crippen molar-refractivity contribution in [3.05, 3.63) is 51.1 Å². The number of aromatic nitrogens is 2. The average molecular weight is 704 g/mol. The normalized spacial score (nSPS) is 14.0. The Balaban J connectivity index is 0.000000162. The fourth-order valence-electron chi connectivity index (χ4n) is 2.12. The molecular weight excluding hydrogens is 683 g/mol. The summed E-state index contributed by atoms with van der Waals surface area (Å²) in [4.78, 5) is 0. The molecule has 6 heteroatoms. The van der Waals surface area contributed by atoms with E-state index in [1.165, 1.54) is 33.3 Å². The topological polar surface area (TPSA) is 13.1 Å². The van der Waals surface area contributed by atoms with Crippen LogP contribution >= 0.6 is 45.7 Å². The fourth-order valence-corrected chi connectivity index (χ4v) is 3.66. The van der Waals surface area contributed by atoms with Crippen LogP contribution in [0.3, 0.4) is 0 Å². The van der Waals surface area contributed by atoms with Crippen LogP contribution in [0.1, 0.15) is 35.6 Å². The molecule has 1 aromatic heterocycles. The number of halogens is 2. The Morgan fingerprint density at radius 2 is 1.86 bits per heavy atom. The summed E-state index contributed by atoms with van der Waals surface area (Å²) < 4.78 is 7.96. The van der Waals surface area contributed by atoms with E-state index >= 15 is 0 Å². The van der Waals surface area contributed by atoms with Gasteiger partial charge in [0, 0.05) is 52.3 Å². The molecule has 22 heavy (non-hydrogen) atoms. The van der Waals surface area contributed by atoms with Crippen LogP contribution in [-0.2, 0) is 32.9 Å².